The van der Waals surface area contributed by atoms with Crippen LogP contribution in [0.1, 0.15) is 0 Å². The van der Waals surface area contributed by atoms with Crippen molar-refractivity contribution in [3.05, 3.63) is 140 Å². The Morgan fingerprint density at radius 1 is 0.308 bits per heavy atom. The van der Waals surface area contributed by atoms with E-state index in [-0.39, 0.29) is 0 Å². The Bertz CT molecular complexity index is 2230. The van der Waals surface area contributed by atoms with Crippen molar-refractivity contribution in [2.75, 3.05) is 0 Å². The van der Waals surface area contributed by atoms with Crippen molar-refractivity contribution < 1.29 is 0 Å². The maximum Gasteiger partial charge on any atom is 0.0620 e. The molecule has 0 aliphatic rings. The van der Waals surface area contributed by atoms with Gasteiger partial charge in [-0.05, 0) is 68.1 Å². The van der Waals surface area contributed by atoms with Gasteiger partial charge in [-0.25, -0.2) is 0 Å². The minimum absolute atomic E-state index is 1.25. The van der Waals surface area contributed by atoms with Gasteiger partial charge in [-0.1, -0.05) is 115 Å². The summed E-state index contributed by atoms with van der Waals surface area (Å²) in [5.74, 6) is 0. The van der Waals surface area contributed by atoms with Crippen LogP contribution in [0.25, 0.3) is 81.9 Å². The molecule has 0 amide bonds. The van der Waals surface area contributed by atoms with E-state index < -0.39 is 0 Å². The first kappa shape index (κ1) is 20.9. The summed E-state index contributed by atoms with van der Waals surface area (Å²) in [6.45, 7) is 0. The molecule has 0 saturated carbocycles. The van der Waals surface area contributed by atoms with Crippen LogP contribution < -0.4 is 0 Å². The van der Waals surface area contributed by atoms with E-state index in [2.05, 4.69) is 144 Å². The van der Waals surface area contributed by atoms with E-state index in [0.29, 0.717) is 0 Å². The Kier molecular flexibility index (Phi) is 4.11. The number of aromatic nitrogens is 1. The third-order valence-corrected chi connectivity index (χ3v) is 8.49. The maximum absolute atomic E-state index is 2.45. The summed E-state index contributed by atoms with van der Waals surface area (Å²) in [5.41, 5.74) is 8.98. The lowest BCUT2D eigenvalue weighted by Crippen LogP contribution is -1.90. The van der Waals surface area contributed by atoms with Gasteiger partial charge in [0.1, 0.15) is 0 Å². The molecule has 7 aromatic carbocycles. The molecule has 180 valence electrons. The SMILES string of the molecule is c1ccc(-c2c3ccccc3c(-c3cc4c5ccccc5n5c6ccccc6c(c3)c45)c3ccccc23)cc1. The van der Waals surface area contributed by atoms with Gasteiger partial charge in [-0.2, -0.15) is 0 Å². The van der Waals surface area contributed by atoms with Crippen LogP contribution in [0.4, 0.5) is 0 Å². The van der Waals surface area contributed by atoms with E-state index in [1.54, 1.807) is 0 Å². The highest BCUT2D eigenvalue weighted by atomic mass is 14.9. The molecule has 0 aliphatic carbocycles. The predicted molar refractivity (Wildman–Crippen MR) is 167 cm³/mol. The Labute approximate surface area is 225 Å². The second kappa shape index (κ2) is 7.69. The van der Waals surface area contributed by atoms with Crippen molar-refractivity contribution in [1.82, 2.24) is 4.40 Å². The molecular formula is C38H23N. The van der Waals surface area contributed by atoms with Crippen molar-refractivity contribution >= 4 is 59.6 Å². The molecule has 0 N–H and O–H groups in total. The van der Waals surface area contributed by atoms with Crippen molar-refractivity contribution in [3.63, 3.8) is 0 Å². The van der Waals surface area contributed by atoms with E-state index in [0.717, 1.165) is 0 Å². The summed E-state index contributed by atoms with van der Waals surface area (Å²) in [6, 6.07) is 51.2. The van der Waals surface area contributed by atoms with E-state index >= 15 is 0 Å². The van der Waals surface area contributed by atoms with E-state index in [1.807, 2.05) is 0 Å². The molecule has 0 spiro atoms. The van der Waals surface area contributed by atoms with Crippen molar-refractivity contribution in [1.29, 1.82) is 0 Å². The topological polar surface area (TPSA) is 4.41 Å². The number of nitrogens with zero attached hydrogens (tertiary/aromatic N) is 1. The number of rotatable bonds is 2. The van der Waals surface area contributed by atoms with Gasteiger partial charge in [0.05, 0.1) is 16.6 Å². The first-order valence-electron chi connectivity index (χ1n) is 13.5. The Balaban J connectivity index is 1.50. The molecule has 1 nitrogen and oxygen atoms in total. The number of para-hydroxylation sites is 2. The van der Waals surface area contributed by atoms with Gasteiger partial charge in [-0.15, -0.1) is 0 Å². The average Bonchev–Trinajstić information content (AvgIpc) is 3.52. The maximum atomic E-state index is 2.45. The lowest BCUT2D eigenvalue weighted by atomic mass is 9.85. The molecule has 0 saturated heterocycles. The summed E-state index contributed by atoms with van der Waals surface area (Å²) in [4.78, 5) is 0. The highest BCUT2D eigenvalue weighted by Gasteiger charge is 2.21. The standard InChI is InChI=1S/C38H23N/c1-2-12-24(13-3-1)36-28-16-4-6-18-30(28)37(31-19-7-5-17-29(31)36)25-22-32-26-14-8-10-20-34(26)39-35-21-11-9-15-27(35)33(23-25)38(32)39/h1-23H. The van der Waals surface area contributed by atoms with Gasteiger partial charge in [0.2, 0.25) is 0 Å². The summed E-state index contributed by atoms with van der Waals surface area (Å²) in [6.07, 6.45) is 0. The number of hydrogen-bond acceptors (Lipinski definition) is 0. The van der Waals surface area contributed by atoms with E-state index in [9.17, 15) is 0 Å². The smallest absolute Gasteiger partial charge is 0.0620 e. The van der Waals surface area contributed by atoms with E-state index in [4.69, 9.17) is 0 Å². The third-order valence-electron chi connectivity index (χ3n) is 8.49. The highest BCUT2D eigenvalue weighted by Crippen LogP contribution is 2.47. The van der Waals surface area contributed by atoms with Crippen LogP contribution in [0.2, 0.25) is 0 Å². The Hall–Kier alpha value is -5.14. The largest absolute Gasteiger partial charge is 0.308 e. The first-order chi connectivity index (χ1) is 19.4. The minimum Gasteiger partial charge on any atom is -0.308 e. The second-order valence-electron chi connectivity index (χ2n) is 10.5. The van der Waals surface area contributed by atoms with Crippen LogP contribution in [0.3, 0.4) is 0 Å². The van der Waals surface area contributed by atoms with Gasteiger partial charge < -0.3 is 4.40 Å². The second-order valence-corrected chi connectivity index (χ2v) is 10.5. The van der Waals surface area contributed by atoms with Gasteiger partial charge in [0, 0.05) is 21.5 Å². The summed E-state index contributed by atoms with van der Waals surface area (Å²) >= 11 is 0. The molecule has 0 unspecified atom stereocenters. The quantitative estimate of drug-likeness (QED) is 0.211. The van der Waals surface area contributed by atoms with Gasteiger partial charge in [-0.3, -0.25) is 0 Å². The summed E-state index contributed by atoms with van der Waals surface area (Å²) in [7, 11) is 0. The zero-order valence-corrected chi connectivity index (χ0v) is 21.2. The normalized spacial score (nSPS) is 12.1. The lowest BCUT2D eigenvalue weighted by Gasteiger charge is -2.18. The van der Waals surface area contributed by atoms with Crippen molar-refractivity contribution in [2.45, 2.75) is 0 Å². The van der Waals surface area contributed by atoms with Crippen LogP contribution in [-0.2, 0) is 0 Å². The molecule has 1 heteroatoms. The lowest BCUT2D eigenvalue weighted by molar-refractivity contribution is 1.37. The first-order valence-corrected chi connectivity index (χ1v) is 13.5. The molecule has 0 atom stereocenters. The third kappa shape index (κ3) is 2.74. The summed E-state index contributed by atoms with van der Waals surface area (Å²) < 4.78 is 2.45. The van der Waals surface area contributed by atoms with Crippen LogP contribution >= 0.6 is 0 Å². The van der Waals surface area contributed by atoms with Crippen molar-refractivity contribution in [2.24, 2.45) is 0 Å². The minimum atomic E-state index is 1.25. The number of fused-ring (bicyclic) bond motifs is 8. The number of hydrogen-bond donors (Lipinski definition) is 0. The zero-order chi connectivity index (χ0) is 25.5. The number of benzene rings is 7. The Morgan fingerprint density at radius 2 is 0.692 bits per heavy atom. The molecule has 2 heterocycles. The molecule has 0 radical (unpaired) electrons. The monoisotopic (exact) mass is 493 g/mol. The fraction of sp³-hybridized carbons (Fsp3) is 0. The molecule has 2 aromatic heterocycles. The molecule has 0 aliphatic heterocycles. The van der Waals surface area contributed by atoms with Crippen LogP contribution in [0.15, 0.2) is 140 Å². The molecule has 9 rings (SSSR count). The van der Waals surface area contributed by atoms with Crippen molar-refractivity contribution in [3.8, 4) is 22.3 Å². The van der Waals surface area contributed by atoms with Gasteiger partial charge in [0.15, 0.2) is 0 Å². The highest BCUT2D eigenvalue weighted by molar-refractivity contribution is 6.27. The van der Waals surface area contributed by atoms with E-state index in [1.165, 1.54) is 81.9 Å². The fourth-order valence-electron chi connectivity index (χ4n) is 6.95. The molecule has 9 aromatic rings. The average molecular weight is 494 g/mol. The molecule has 39 heavy (non-hydrogen) atoms. The molecule has 0 fully saturated rings. The van der Waals surface area contributed by atoms with Crippen LogP contribution in [0, 0.1) is 0 Å². The van der Waals surface area contributed by atoms with Crippen LogP contribution in [0.5, 0.6) is 0 Å². The molecule has 0 bridgehead atoms. The summed E-state index contributed by atoms with van der Waals surface area (Å²) in [5, 5.41) is 10.4. The molecular weight excluding hydrogens is 470 g/mol. The predicted octanol–water partition coefficient (Wildman–Crippen LogP) is 10.5. The van der Waals surface area contributed by atoms with Gasteiger partial charge >= 0.3 is 0 Å². The zero-order valence-electron chi connectivity index (χ0n) is 21.2. The Morgan fingerprint density at radius 3 is 1.18 bits per heavy atom. The van der Waals surface area contributed by atoms with Gasteiger partial charge in [0.25, 0.3) is 0 Å². The van der Waals surface area contributed by atoms with Crippen LogP contribution in [-0.4, -0.2) is 4.40 Å². The fourth-order valence-corrected chi connectivity index (χ4v) is 6.95.